The Kier molecular flexibility index (Phi) is 6.79. The largest absolute Gasteiger partial charge is 0.481 e. The number of thiocarbonyl (C=S) groups is 1. The van der Waals surface area contributed by atoms with Gasteiger partial charge in [0, 0.05) is 32.8 Å². The Balaban J connectivity index is 2.07. The lowest BCUT2D eigenvalue weighted by atomic mass is 10.0. The van der Waals surface area contributed by atoms with Crippen LogP contribution >= 0.6 is 12.2 Å². The van der Waals surface area contributed by atoms with Gasteiger partial charge in [-0.25, -0.2) is 0 Å². The van der Waals surface area contributed by atoms with Crippen molar-refractivity contribution in [2.24, 2.45) is 5.92 Å². The summed E-state index contributed by atoms with van der Waals surface area (Å²) in [6, 6.07) is 1.87. The van der Waals surface area contributed by atoms with E-state index in [1.807, 2.05) is 6.07 Å². The maximum Gasteiger partial charge on any atom is 0.234 e. The molecule has 2 rings (SSSR count). The van der Waals surface area contributed by atoms with Gasteiger partial charge in [-0.2, -0.15) is 9.97 Å². The lowest BCUT2D eigenvalue weighted by Gasteiger charge is -2.32. The standard InChI is InChI=1S/C15H25N5O2S/c1-11-5-4-7-20(10-11)12-9-13(22-3)18-14(17-12)19-15(23)16-6-8-21-2/h9,11H,4-8,10H2,1-3H3,(H2,16,17,18,19,23). The molecule has 1 atom stereocenters. The Morgan fingerprint density at radius 3 is 2.96 bits per heavy atom. The first kappa shape index (κ1) is 17.7. The van der Waals surface area contributed by atoms with E-state index in [1.165, 1.54) is 12.8 Å². The minimum atomic E-state index is 0.437. The summed E-state index contributed by atoms with van der Waals surface area (Å²) in [5, 5.41) is 6.50. The number of rotatable bonds is 6. The van der Waals surface area contributed by atoms with E-state index >= 15 is 0 Å². The van der Waals surface area contributed by atoms with Crippen LogP contribution in [0.15, 0.2) is 6.07 Å². The fourth-order valence-corrected chi connectivity index (χ4v) is 2.74. The molecule has 0 spiro atoms. The van der Waals surface area contributed by atoms with Crippen molar-refractivity contribution in [3.8, 4) is 5.88 Å². The first-order valence-corrected chi connectivity index (χ1v) is 8.25. The summed E-state index contributed by atoms with van der Waals surface area (Å²) in [5.41, 5.74) is 0. The Morgan fingerprint density at radius 2 is 2.26 bits per heavy atom. The molecule has 0 amide bonds. The highest BCUT2D eigenvalue weighted by atomic mass is 32.1. The van der Waals surface area contributed by atoms with Gasteiger partial charge in [-0.1, -0.05) is 6.92 Å². The maximum atomic E-state index is 5.29. The monoisotopic (exact) mass is 339 g/mol. The molecule has 0 saturated carbocycles. The zero-order valence-corrected chi connectivity index (χ0v) is 14.8. The van der Waals surface area contributed by atoms with Gasteiger partial charge in [0.05, 0.1) is 13.7 Å². The van der Waals surface area contributed by atoms with Crippen molar-refractivity contribution < 1.29 is 9.47 Å². The van der Waals surface area contributed by atoms with E-state index in [0.29, 0.717) is 36.0 Å². The van der Waals surface area contributed by atoms with Crippen molar-refractivity contribution in [1.29, 1.82) is 0 Å². The topological polar surface area (TPSA) is 71.5 Å². The van der Waals surface area contributed by atoms with Crippen molar-refractivity contribution in [2.45, 2.75) is 19.8 Å². The van der Waals surface area contributed by atoms with Gasteiger partial charge in [-0.05, 0) is 31.0 Å². The van der Waals surface area contributed by atoms with Gasteiger partial charge in [-0.3, -0.25) is 0 Å². The molecular formula is C15H25N5O2S. The summed E-state index contributed by atoms with van der Waals surface area (Å²) in [4.78, 5) is 11.1. The van der Waals surface area contributed by atoms with Crippen molar-refractivity contribution in [1.82, 2.24) is 15.3 Å². The highest BCUT2D eigenvalue weighted by Gasteiger charge is 2.19. The lowest BCUT2D eigenvalue weighted by molar-refractivity contribution is 0.204. The van der Waals surface area contributed by atoms with Crippen LogP contribution in [-0.4, -0.2) is 55.5 Å². The minimum absolute atomic E-state index is 0.437. The predicted octanol–water partition coefficient (Wildman–Crippen LogP) is 1.65. The second-order valence-corrected chi connectivity index (χ2v) is 6.07. The summed E-state index contributed by atoms with van der Waals surface area (Å²) in [7, 11) is 3.25. The van der Waals surface area contributed by atoms with Crippen LogP contribution in [0.1, 0.15) is 19.8 Å². The van der Waals surface area contributed by atoms with E-state index in [0.717, 1.165) is 18.9 Å². The molecule has 1 aliphatic rings. The van der Waals surface area contributed by atoms with Gasteiger partial charge < -0.3 is 25.0 Å². The molecule has 1 fully saturated rings. The SMILES string of the molecule is COCCNC(=S)Nc1nc(OC)cc(N2CCCC(C)C2)n1. The molecule has 7 nitrogen and oxygen atoms in total. The smallest absolute Gasteiger partial charge is 0.234 e. The average Bonchev–Trinajstić information content (AvgIpc) is 2.54. The number of piperidine rings is 1. The van der Waals surface area contributed by atoms with Crippen LogP contribution in [0.5, 0.6) is 5.88 Å². The van der Waals surface area contributed by atoms with Crippen LogP contribution < -0.4 is 20.3 Å². The number of aromatic nitrogens is 2. The Morgan fingerprint density at radius 1 is 1.43 bits per heavy atom. The lowest BCUT2D eigenvalue weighted by Crippen LogP contribution is -2.35. The van der Waals surface area contributed by atoms with Crippen LogP contribution in [0, 0.1) is 5.92 Å². The molecule has 1 aromatic rings. The van der Waals surface area contributed by atoms with E-state index < -0.39 is 0 Å². The molecule has 1 aromatic heterocycles. The second-order valence-electron chi connectivity index (χ2n) is 5.66. The fraction of sp³-hybridized carbons (Fsp3) is 0.667. The summed E-state index contributed by atoms with van der Waals surface area (Å²) in [6.07, 6.45) is 2.44. The fourth-order valence-electron chi connectivity index (χ4n) is 2.55. The Hall–Kier alpha value is -1.67. The minimum Gasteiger partial charge on any atom is -0.481 e. The molecular weight excluding hydrogens is 314 g/mol. The third-order valence-electron chi connectivity index (χ3n) is 3.70. The van der Waals surface area contributed by atoms with Crippen LogP contribution in [0.3, 0.4) is 0 Å². The van der Waals surface area contributed by atoms with E-state index in [1.54, 1.807) is 14.2 Å². The van der Waals surface area contributed by atoms with Gasteiger partial charge in [0.25, 0.3) is 0 Å². The van der Waals surface area contributed by atoms with E-state index in [-0.39, 0.29) is 0 Å². The first-order valence-electron chi connectivity index (χ1n) is 7.84. The second kappa shape index (κ2) is 8.83. The average molecular weight is 339 g/mol. The quantitative estimate of drug-likeness (QED) is 0.599. The third kappa shape index (κ3) is 5.47. The Bertz CT molecular complexity index is 529. The van der Waals surface area contributed by atoms with Crippen molar-refractivity contribution in [3.05, 3.63) is 6.07 Å². The van der Waals surface area contributed by atoms with E-state index in [2.05, 4.69) is 32.4 Å². The maximum absolute atomic E-state index is 5.29. The summed E-state index contributed by atoms with van der Waals surface area (Å²) < 4.78 is 10.3. The first-order chi connectivity index (χ1) is 11.1. The Labute approximate surface area is 142 Å². The number of hydrogen-bond donors (Lipinski definition) is 2. The van der Waals surface area contributed by atoms with E-state index in [4.69, 9.17) is 21.7 Å². The van der Waals surface area contributed by atoms with Gasteiger partial charge in [0.1, 0.15) is 5.82 Å². The zero-order chi connectivity index (χ0) is 16.7. The molecule has 2 heterocycles. The summed E-state index contributed by atoms with van der Waals surface area (Å²) in [6.45, 7) is 5.47. The van der Waals surface area contributed by atoms with Crippen molar-refractivity contribution in [3.63, 3.8) is 0 Å². The number of nitrogens with zero attached hydrogens (tertiary/aromatic N) is 3. The molecule has 23 heavy (non-hydrogen) atoms. The van der Waals surface area contributed by atoms with Crippen LogP contribution in [0.4, 0.5) is 11.8 Å². The molecule has 0 aromatic carbocycles. The normalized spacial score (nSPS) is 17.7. The van der Waals surface area contributed by atoms with Crippen LogP contribution in [0.2, 0.25) is 0 Å². The summed E-state index contributed by atoms with van der Waals surface area (Å²) >= 11 is 5.24. The molecule has 0 bridgehead atoms. The molecule has 1 unspecified atom stereocenters. The number of methoxy groups -OCH3 is 2. The summed E-state index contributed by atoms with van der Waals surface area (Å²) in [5.74, 6) is 2.49. The molecule has 0 aliphatic carbocycles. The predicted molar refractivity (Wildman–Crippen MR) is 95.3 cm³/mol. The van der Waals surface area contributed by atoms with Crippen molar-refractivity contribution >= 4 is 29.1 Å². The molecule has 0 radical (unpaired) electrons. The highest BCUT2D eigenvalue weighted by Crippen LogP contribution is 2.24. The molecule has 1 aliphatic heterocycles. The molecule has 2 N–H and O–H groups in total. The third-order valence-corrected chi connectivity index (χ3v) is 3.94. The van der Waals surface area contributed by atoms with E-state index in [9.17, 15) is 0 Å². The number of hydrogen-bond acceptors (Lipinski definition) is 6. The van der Waals surface area contributed by atoms with Gasteiger partial charge in [0.15, 0.2) is 5.11 Å². The molecule has 128 valence electrons. The van der Waals surface area contributed by atoms with Gasteiger partial charge in [-0.15, -0.1) is 0 Å². The molecule has 1 saturated heterocycles. The zero-order valence-electron chi connectivity index (χ0n) is 14.0. The van der Waals surface area contributed by atoms with Crippen LogP contribution in [-0.2, 0) is 4.74 Å². The number of anilines is 2. The van der Waals surface area contributed by atoms with Gasteiger partial charge in [0.2, 0.25) is 11.8 Å². The molecule has 8 heteroatoms. The van der Waals surface area contributed by atoms with Gasteiger partial charge >= 0.3 is 0 Å². The number of ether oxygens (including phenoxy) is 2. The highest BCUT2D eigenvalue weighted by molar-refractivity contribution is 7.80. The van der Waals surface area contributed by atoms with Crippen molar-refractivity contribution in [2.75, 3.05) is 50.7 Å². The number of nitrogens with one attached hydrogen (secondary N) is 2. The van der Waals surface area contributed by atoms with Crippen LogP contribution in [0.25, 0.3) is 0 Å².